The van der Waals surface area contributed by atoms with Gasteiger partial charge in [-0.3, -0.25) is 19.2 Å². The summed E-state index contributed by atoms with van der Waals surface area (Å²) in [6.45, 7) is 0.181. The average molecular weight is 634 g/mol. The van der Waals surface area contributed by atoms with Crippen molar-refractivity contribution in [3.05, 3.63) is 51.6 Å². The second-order valence-electron chi connectivity index (χ2n) is 10.9. The van der Waals surface area contributed by atoms with Crippen molar-refractivity contribution in [3.63, 3.8) is 0 Å². The van der Waals surface area contributed by atoms with Crippen LogP contribution in [0.2, 0.25) is 0 Å². The zero-order chi connectivity index (χ0) is 32.1. The molecule has 15 heteroatoms. The highest BCUT2D eigenvalue weighted by Crippen LogP contribution is 2.52. The summed E-state index contributed by atoms with van der Waals surface area (Å²) in [6, 6.07) is 3.54. The van der Waals surface area contributed by atoms with Gasteiger partial charge < -0.3 is 49.6 Å². The maximum Gasteiger partial charge on any atom is 0.229 e. The number of phenolic OH excluding ortho intramolecular Hbond substituents is 2. The van der Waals surface area contributed by atoms with Crippen molar-refractivity contribution >= 4 is 34.5 Å². The van der Waals surface area contributed by atoms with E-state index < -0.39 is 101 Å². The quantitative estimate of drug-likeness (QED) is 0.131. The summed E-state index contributed by atoms with van der Waals surface area (Å²) in [7, 11) is 1.30. The van der Waals surface area contributed by atoms with E-state index in [4.69, 9.17) is 18.8 Å². The van der Waals surface area contributed by atoms with Gasteiger partial charge in [-0.25, -0.2) is 0 Å². The minimum absolute atomic E-state index is 0.0175. The number of aromatic hydroxyl groups is 2. The Labute approximate surface area is 254 Å². The van der Waals surface area contributed by atoms with E-state index in [1.54, 1.807) is 0 Å². The molecule has 0 bridgehead atoms. The van der Waals surface area contributed by atoms with Crippen LogP contribution in [0.25, 0.3) is 0 Å². The Morgan fingerprint density at radius 3 is 2.50 bits per heavy atom. The van der Waals surface area contributed by atoms with Crippen molar-refractivity contribution in [1.29, 1.82) is 0 Å². The molecule has 0 radical (unpaired) electrons. The molecule has 236 valence electrons. The van der Waals surface area contributed by atoms with Gasteiger partial charge in [0.05, 0.1) is 60.7 Å². The van der Waals surface area contributed by atoms with Crippen LogP contribution in [0.15, 0.2) is 18.2 Å². The number of ether oxygens (including phenoxy) is 3. The number of Topliss-reactive ketones (excluding diaryl/α,β-unsaturated/α-hetero) is 1. The molecule has 0 amide bonds. The molecule has 1 fully saturated rings. The summed E-state index contributed by atoms with van der Waals surface area (Å²) in [5.41, 5.74) is -3.95. The molecular weight excluding hydrogens is 602 g/mol. The van der Waals surface area contributed by atoms with Crippen LogP contribution in [0.3, 0.4) is 0 Å². The highest BCUT2D eigenvalue weighted by molar-refractivity contribution is 8.08. The van der Waals surface area contributed by atoms with Crippen molar-refractivity contribution in [2.75, 3.05) is 20.3 Å². The summed E-state index contributed by atoms with van der Waals surface area (Å²) in [5.74, 6) is -4.01. The van der Waals surface area contributed by atoms with Crippen LogP contribution < -0.4 is 10.1 Å². The number of aliphatic hydroxyl groups excluding tert-OH is 2. The highest BCUT2D eigenvalue weighted by Gasteiger charge is 2.50. The van der Waals surface area contributed by atoms with Crippen molar-refractivity contribution < 1.29 is 63.5 Å². The van der Waals surface area contributed by atoms with E-state index in [1.165, 1.54) is 32.2 Å². The number of hydrogen-bond acceptors (Lipinski definition) is 15. The van der Waals surface area contributed by atoms with E-state index in [2.05, 4.69) is 5.32 Å². The van der Waals surface area contributed by atoms with Gasteiger partial charge in [0.1, 0.15) is 29.5 Å². The van der Waals surface area contributed by atoms with Gasteiger partial charge in [-0.2, -0.15) is 0 Å². The number of phenols is 2. The van der Waals surface area contributed by atoms with Crippen LogP contribution in [-0.2, 0) is 25.5 Å². The second kappa shape index (κ2) is 12.2. The maximum atomic E-state index is 13.8. The van der Waals surface area contributed by atoms with Crippen molar-refractivity contribution in [1.82, 2.24) is 5.32 Å². The van der Waals surface area contributed by atoms with E-state index >= 15 is 0 Å². The molecule has 44 heavy (non-hydrogen) atoms. The third kappa shape index (κ3) is 5.28. The van der Waals surface area contributed by atoms with Gasteiger partial charge >= 0.3 is 0 Å². The van der Waals surface area contributed by atoms with Crippen molar-refractivity contribution in [3.8, 4) is 17.2 Å². The van der Waals surface area contributed by atoms with Gasteiger partial charge in [-0.05, 0) is 13.0 Å². The molecule has 2 aliphatic carbocycles. The number of fused-ring (bicyclic) bond motifs is 3. The predicted molar refractivity (Wildman–Crippen MR) is 151 cm³/mol. The van der Waals surface area contributed by atoms with Gasteiger partial charge in [0.25, 0.3) is 0 Å². The number of ketones is 3. The molecule has 0 saturated carbocycles. The van der Waals surface area contributed by atoms with E-state index in [1.807, 2.05) is 0 Å². The SMILES string of the molecule is COc1cccc2c1C(=O)c1c(O)c3c(c(O)c1C2=O)C[C@@](O)(C(=O)CO)C[C@@H]3O[C@H]1CC(NCC(=O)SO)C(O)C(C)O1. The largest absolute Gasteiger partial charge is 0.507 e. The second-order valence-corrected chi connectivity index (χ2v) is 11.6. The Morgan fingerprint density at radius 1 is 1.14 bits per heavy atom. The normalized spacial score (nSPS) is 27.7. The lowest BCUT2D eigenvalue weighted by atomic mass is 9.72. The Balaban J connectivity index is 1.60. The van der Waals surface area contributed by atoms with Gasteiger partial charge in [0.15, 0.2) is 17.9 Å². The molecule has 1 saturated heterocycles. The Hall–Kier alpha value is -3.41. The van der Waals surface area contributed by atoms with Crippen LogP contribution in [-0.4, -0.2) is 103 Å². The lowest BCUT2D eigenvalue weighted by Crippen LogP contribution is -2.55. The molecule has 2 aromatic carbocycles. The summed E-state index contributed by atoms with van der Waals surface area (Å²) in [5, 5.41) is 56.8. The average Bonchev–Trinajstić information content (AvgIpc) is 3.01. The third-order valence-electron chi connectivity index (χ3n) is 8.37. The monoisotopic (exact) mass is 633 g/mol. The van der Waals surface area contributed by atoms with Crippen molar-refractivity contribution in [2.45, 2.75) is 62.4 Å². The first-order valence-corrected chi connectivity index (χ1v) is 14.4. The number of benzene rings is 2. The number of carbonyl (C=O) groups is 4. The van der Waals surface area contributed by atoms with Crippen LogP contribution in [0.5, 0.6) is 17.2 Å². The first kappa shape index (κ1) is 32.0. The highest BCUT2D eigenvalue weighted by atomic mass is 32.2. The smallest absolute Gasteiger partial charge is 0.229 e. The topological polar surface area (TPSA) is 229 Å². The number of aliphatic hydroxyl groups is 3. The Bertz CT molecular complexity index is 1540. The van der Waals surface area contributed by atoms with Crippen LogP contribution in [0.1, 0.15) is 68.8 Å². The first-order valence-electron chi connectivity index (χ1n) is 13.7. The first-order chi connectivity index (χ1) is 20.9. The predicted octanol–water partition coefficient (Wildman–Crippen LogP) is 0.365. The van der Waals surface area contributed by atoms with E-state index in [9.17, 15) is 44.7 Å². The molecule has 7 N–H and O–H groups in total. The minimum Gasteiger partial charge on any atom is -0.507 e. The molecule has 0 aromatic heterocycles. The fourth-order valence-corrected chi connectivity index (χ4v) is 6.31. The fourth-order valence-electron chi connectivity index (χ4n) is 6.17. The van der Waals surface area contributed by atoms with Crippen LogP contribution >= 0.6 is 12.0 Å². The molecule has 1 aliphatic heterocycles. The summed E-state index contributed by atoms with van der Waals surface area (Å²) >= 11 is 0.0175. The lowest BCUT2D eigenvalue weighted by molar-refractivity contribution is -0.249. The van der Waals surface area contributed by atoms with Gasteiger partial charge in [-0.15, -0.1) is 0 Å². The van der Waals surface area contributed by atoms with E-state index in [-0.39, 0.29) is 53.0 Å². The molecule has 6 atom stereocenters. The van der Waals surface area contributed by atoms with Crippen LogP contribution in [0, 0.1) is 0 Å². The molecule has 14 nitrogen and oxygen atoms in total. The molecule has 1 heterocycles. The molecule has 5 rings (SSSR count). The molecular formula is C29H31NO13S. The lowest BCUT2D eigenvalue weighted by Gasteiger charge is -2.43. The number of nitrogens with one attached hydrogen (secondary N) is 1. The van der Waals surface area contributed by atoms with Gasteiger partial charge in [0.2, 0.25) is 10.9 Å². The Kier molecular flexibility index (Phi) is 8.85. The van der Waals surface area contributed by atoms with E-state index in [0.717, 1.165) is 0 Å². The molecule has 3 unspecified atom stereocenters. The van der Waals surface area contributed by atoms with Gasteiger partial charge in [0, 0.05) is 42.0 Å². The summed E-state index contributed by atoms with van der Waals surface area (Å²) in [4.78, 5) is 51.7. The zero-order valence-corrected chi connectivity index (χ0v) is 24.4. The molecule has 0 spiro atoms. The van der Waals surface area contributed by atoms with Crippen molar-refractivity contribution in [2.24, 2.45) is 0 Å². The van der Waals surface area contributed by atoms with Crippen LogP contribution in [0.4, 0.5) is 0 Å². The third-order valence-corrected chi connectivity index (χ3v) is 8.72. The standard InChI is InChI=1S/C29H31NO13S/c1-11-24(34)14(30-9-18(33)44-40)6-19(42-11)43-16-8-29(39,17(32)10-31)7-13-21(16)28(38)23-22(26(13)36)25(35)12-4-3-5-15(41-2)20(12)27(23)37/h3-5,11,14,16,19,24,30-31,34,36,38-40H,6-10H2,1-2H3/t11?,14?,16-,19-,24?,29-/m0/s1. The zero-order valence-electron chi connectivity index (χ0n) is 23.6. The minimum atomic E-state index is -2.31. The molecule has 3 aliphatic rings. The number of carbonyl (C=O) groups excluding carboxylic acids is 4. The maximum absolute atomic E-state index is 13.8. The summed E-state index contributed by atoms with van der Waals surface area (Å²) in [6.07, 6.45) is -5.79. The number of rotatable bonds is 8. The van der Waals surface area contributed by atoms with E-state index in [0.29, 0.717) is 0 Å². The summed E-state index contributed by atoms with van der Waals surface area (Å²) < 4.78 is 26.1. The van der Waals surface area contributed by atoms with Gasteiger partial charge in [-0.1, -0.05) is 12.1 Å². The Morgan fingerprint density at radius 2 is 1.84 bits per heavy atom. The number of methoxy groups -OCH3 is 1. The fraction of sp³-hybridized carbons (Fsp3) is 0.448. The number of hydrogen-bond donors (Lipinski definition) is 7. The molecule has 2 aromatic rings.